The lowest BCUT2D eigenvalue weighted by atomic mass is 9.63. The normalized spacial score (nSPS) is 21.8. The third kappa shape index (κ3) is 5.01. The minimum Gasteiger partial charge on any atom is -0.507 e. The summed E-state index contributed by atoms with van der Waals surface area (Å²) in [6, 6.07) is 1.54. The third-order valence-electron chi connectivity index (χ3n) is 6.30. The number of ketones is 3. The zero-order valence-corrected chi connectivity index (χ0v) is 20.1. The molecule has 10 heteroatoms. The minimum atomic E-state index is -1.15. The van der Waals surface area contributed by atoms with E-state index in [0.29, 0.717) is 12.0 Å². The van der Waals surface area contributed by atoms with Gasteiger partial charge in [0.05, 0.1) is 29.5 Å². The van der Waals surface area contributed by atoms with E-state index in [-0.39, 0.29) is 53.6 Å². The third-order valence-corrected chi connectivity index (χ3v) is 6.60. The number of hydrogen-bond acceptors (Lipinski definition) is 8. The summed E-state index contributed by atoms with van der Waals surface area (Å²) >= 11 is 6.33. The number of nitrogens with one attached hydrogen (secondary N) is 1. The van der Waals surface area contributed by atoms with Gasteiger partial charge in [-0.2, -0.15) is 0 Å². The molecule has 1 saturated carbocycles. The molecular formula is C24H29ClN2O7. The molecule has 0 spiro atoms. The number of allylic oxidation sites excluding steroid dienone is 1. The van der Waals surface area contributed by atoms with Crippen LogP contribution in [0.2, 0.25) is 5.02 Å². The first-order valence-corrected chi connectivity index (χ1v) is 11.4. The van der Waals surface area contributed by atoms with Crippen LogP contribution in [-0.2, 0) is 25.6 Å². The number of aromatic hydroxyl groups is 1. The van der Waals surface area contributed by atoms with Crippen LogP contribution in [0, 0.1) is 17.8 Å². The fourth-order valence-electron chi connectivity index (χ4n) is 5.01. The monoisotopic (exact) mass is 492 g/mol. The maximum atomic E-state index is 13.4. The second kappa shape index (κ2) is 10.2. The molecule has 0 aliphatic heterocycles. The summed E-state index contributed by atoms with van der Waals surface area (Å²) in [5.41, 5.74) is 0.432. The van der Waals surface area contributed by atoms with Gasteiger partial charge in [-0.15, -0.1) is 0 Å². The van der Waals surface area contributed by atoms with E-state index in [4.69, 9.17) is 11.6 Å². The minimum absolute atomic E-state index is 0.0115. The number of halogens is 1. The molecule has 1 aromatic carbocycles. The molecule has 0 aromatic heterocycles. The Morgan fingerprint density at radius 3 is 2.50 bits per heavy atom. The number of anilines is 1. The van der Waals surface area contributed by atoms with Crippen molar-refractivity contribution >= 4 is 46.3 Å². The topological polar surface area (TPSA) is 144 Å². The molecular weight excluding hydrogens is 464 g/mol. The van der Waals surface area contributed by atoms with E-state index in [1.807, 2.05) is 0 Å². The van der Waals surface area contributed by atoms with Crippen molar-refractivity contribution in [1.29, 1.82) is 0 Å². The molecule has 0 bridgehead atoms. The number of rotatable bonds is 8. The van der Waals surface area contributed by atoms with E-state index in [2.05, 4.69) is 5.32 Å². The molecule has 2 aliphatic rings. The summed E-state index contributed by atoms with van der Waals surface area (Å²) in [4.78, 5) is 51.6. The van der Waals surface area contributed by atoms with Gasteiger partial charge in [-0.25, -0.2) is 0 Å². The molecule has 0 radical (unpaired) electrons. The predicted octanol–water partition coefficient (Wildman–Crippen LogP) is 2.12. The quantitative estimate of drug-likeness (QED) is 0.319. The van der Waals surface area contributed by atoms with Gasteiger partial charge in [-0.3, -0.25) is 19.2 Å². The van der Waals surface area contributed by atoms with Gasteiger partial charge in [0.25, 0.3) is 0 Å². The standard InChI is InChI=1S/C24H29ClN2O7/c1-11(29)6-16(30)18-12(4-5-28)7-13-8-14-9-15(25)21(26-17(31)10-27(2)3)24(34)20(14)23(33)19(13)22(18)32/h9,12-13,18,28,33-34H,4-8,10H2,1-3H3,(H,26,31). The van der Waals surface area contributed by atoms with Crippen molar-refractivity contribution in [3.8, 4) is 5.75 Å². The summed E-state index contributed by atoms with van der Waals surface area (Å²) in [5, 5.41) is 34.1. The SMILES string of the molecule is CC(=O)CC(=O)C1C(=O)C2=C(O)c3c(cc(Cl)c(NC(=O)CN(C)C)c3O)CC2CC1CCO. The Bertz CT molecular complexity index is 1080. The van der Waals surface area contributed by atoms with Gasteiger partial charge in [0.2, 0.25) is 5.91 Å². The van der Waals surface area contributed by atoms with Crippen LogP contribution < -0.4 is 5.32 Å². The lowest BCUT2D eigenvalue weighted by Crippen LogP contribution is -2.43. The fraction of sp³-hybridized carbons (Fsp3) is 0.500. The number of aliphatic hydroxyl groups is 2. The van der Waals surface area contributed by atoms with E-state index >= 15 is 0 Å². The van der Waals surface area contributed by atoms with Gasteiger partial charge < -0.3 is 25.5 Å². The Morgan fingerprint density at radius 1 is 1.24 bits per heavy atom. The van der Waals surface area contributed by atoms with Crippen LogP contribution in [0.1, 0.15) is 37.3 Å². The second-order valence-electron chi connectivity index (χ2n) is 9.26. The van der Waals surface area contributed by atoms with Crippen molar-refractivity contribution < 1.29 is 34.5 Å². The zero-order chi connectivity index (χ0) is 25.3. The van der Waals surface area contributed by atoms with Crippen molar-refractivity contribution in [2.24, 2.45) is 17.8 Å². The Hall–Kier alpha value is -2.75. The van der Waals surface area contributed by atoms with E-state index in [9.17, 15) is 34.5 Å². The van der Waals surface area contributed by atoms with Gasteiger partial charge in [0, 0.05) is 12.2 Å². The van der Waals surface area contributed by atoms with Crippen LogP contribution in [0.3, 0.4) is 0 Å². The summed E-state index contributed by atoms with van der Waals surface area (Å²) in [5.74, 6) is -4.94. The van der Waals surface area contributed by atoms with Crippen LogP contribution in [0.25, 0.3) is 5.76 Å². The Morgan fingerprint density at radius 2 is 1.91 bits per heavy atom. The second-order valence-corrected chi connectivity index (χ2v) is 9.67. The summed E-state index contributed by atoms with van der Waals surface area (Å²) in [6.45, 7) is 1.07. The molecule has 3 atom stereocenters. The van der Waals surface area contributed by atoms with Gasteiger partial charge >= 0.3 is 0 Å². The van der Waals surface area contributed by atoms with Crippen LogP contribution in [-0.4, -0.2) is 70.7 Å². The van der Waals surface area contributed by atoms with Crippen LogP contribution in [0.5, 0.6) is 5.75 Å². The average Bonchev–Trinajstić information content (AvgIpc) is 2.69. The van der Waals surface area contributed by atoms with E-state index in [0.717, 1.165) is 0 Å². The largest absolute Gasteiger partial charge is 0.507 e. The molecule has 9 nitrogen and oxygen atoms in total. The van der Waals surface area contributed by atoms with Crippen molar-refractivity contribution in [2.75, 3.05) is 32.6 Å². The van der Waals surface area contributed by atoms with E-state index in [1.165, 1.54) is 13.0 Å². The summed E-state index contributed by atoms with van der Waals surface area (Å²) < 4.78 is 0. The van der Waals surface area contributed by atoms with E-state index in [1.54, 1.807) is 19.0 Å². The van der Waals surface area contributed by atoms with Crippen molar-refractivity contribution in [3.05, 3.63) is 27.8 Å². The number of phenolic OH excluding ortho intramolecular Hbond substituents is 1. The number of carbonyl (C=O) groups is 4. The molecule has 3 rings (SSSR count). The predicted molar refractivity (Wildman–Crippen MR) is 126 cm³/mol. The number of nitrogens with zero attached hydrogens (tertiary/aromatic N) is 1. The van der Waals surface area contributed by atoms with Crippen LogP contribution in [0.4, 0.5) is 5.69 Å². The molecule has 1 aromatic rings. The molecule has 4 N–H and O–H groups in total. The number of likely N-dealkylation sites (N-methyl/N-ethyl adjacent to an activating group) is 1. The highest BCUT2D eigenvalue weighted by Crippen LogP contribution is 2.50. The zero-order valence-electron chi connectivity index (χ0n) is 19.4. The highest BCUT2D eigenvalue weighted by atomic mass is 35.5. The Labute approximate surface area is 202 Å². The lowest BCUT2D eigenvalue weighted by molar-refractivity contribution is -0.137. The van der Waals surface area contributed by atoms with Gasteiger partial charge in [-0.1, -0.05) is 11.6 Å². The lowest BCUT2D eigenvalue weighted by Gasteiger charge is -2.39. The molecule has 0 saturated heterocycles. The Balaban J connectivity index is 2.07. The maximum Gasteiger partial charge on any atom is 0.238 e. The number of Topliss-reactive ketones (excluding diaryl/α,β-unsaturated/α-hetero) is 3. The fourth-order valence-corrected chi connectivity index (χ4v) is 5.28. The Kier molecular flexibility index (Phi) is 7.80. The molecule has 2 aliphatic carbocycles. The van der Waals surface area contributed by atoms with Gasteiger partial charge in [0.1, 0.15) is 17.2 Å². The first kappa shape index (κ1) is 25.9. The molecule has 1 fully saturated rings. The number of phenols is 1. The number of hydrogen-bond donors (Lipinski definition) is 4. The maximum absolute atomic E-state index is 13.4. The number of carbonyl (C=O) groups excluding carboxylic acids is 4. The molecule has 0 heterocycles. The average molecular weight is 493 g/mol. The number of fused-ring (bicyclic) bond motifs is 2. The number of aliphatic hydroxyl groups excluding tert-OH is 2. The van der Waals surface area contributed by atoms with Crippen LogP contribution in [0.15, 0.2) is 11.6 Å². The van der Waals surface area contributed by atoms with E-state index < -0.39 is 53.2 Å². The number of amides is 1. The summed E-state index contributed by atoms with van der Waals surface area (Å²) in [7, 11) is 3.40. The highest BCUT2D eigenvalue weighted by molar-refractivity contribution is 6.34. The van der Waals surface area contributed by atoms with Crippen molar-refractivity contribution in [1.82, 2.24) is 4.90 Å². The first-order valence-electron chi connectivity index (χ1n) is 11.1. The highest BCUT2D eigenvalue weighted by Gasteiger charge is 2.47. The van der Waals surface area contributed by atoms with Gasteiger partial charge in [-0.05, 0) is 63.7 Å². The van der Waals surface area contributed by atoms with Gasteiger partial charge in [0.15, 0.2) is 17.3 Å². The first-order chi connectivity index (χ1) is 16.0. The molecule has 184 valence electrons. The van der Waals surface area contributed by atoms with Crippen molar-refractivity contribution in [3.63, 3.8) is 0 Å². The number of benzene rings is 1. The smallest absolute Gasteiger partial charge is 0.238 e. The van der Waals surface area contributed by atoms with Crippen molar-refractivity contribution in [2.45, 2.75) is 32.6 Å². The molecule has 1 amide bonds. The summed E-state index contributed by atoms with van der Waals surface area (Å²) in [6.07, 6.45) is 0.422. The van der Waals surface area contributed by atoms with Crippen LogP contribution >= 0.6 is 11.6 Å². The molecule has 3 unspecified atom stereocenters. The molecule has 34 heavy (non-hydrogen) atoms.